The Morgan fingerprint density at radius 3 is 2.63 bits per heavy atom. The minimum atomic E-state index is -3.45. The lowest BCUT2D eigenvalue weighted by molar-refractivity contribution is 0.237. The first-order valence-electron chi connectivity index (χ1n) is 9.25. The maximum Gasteiger partial charge on any atom is 0.315 e. The van der Waals surface area contributed by atoms with Gasteiger partial charge in [0, 0.05) is 13.1 Å². The van der Waals surface area contributed by atoms with Gasteiger partial charge in [-0.15, -0.1) is 0 Å². The molecule has 2 N–H and O–H groups in total. The van der Waals surface area contributed by atoms with E-state index in [4.69, 9.17) is 0 Å². The number of rotatable bonds is 5. The van der Waals surface area contributed by atoms with Gasteiger partial charge in [-0.2, -0.15) is 0 Å². The normalized spacial score (nSPS) is 18.1. The number of anilines is 1. The SMILES string of the molecule is O=C(NCCS(=O)(=O)N1CCc2ccccc21)NC1CCc2ccccc21. The first-order valence-corrected chi connectivity index (χ1v) is 10.9. The second-order valence-corrected chi connectivity index (χ2v) is 8.97. The third-order valence-electron chi connectivity index (χ3n) is 5.26. The molecule has 0 saturated heterocycles. The number of amides is 2. The van der Waals surface area contributed by atoms with Gasteiger partial charge in [-0.25, -0.2) is 13.2 Å². The van der Waals surface area contributed by atoms with E-state index in [2.05, 4.69) is 16.7 Å². The average molecular weight is 385 g/mol. The van der Waals surface area contributed by atoms with Crippen molar-refractivity contribution in [3.05, 3.63) is 65.2 Å². The van der Waals surface area contributed by atoms with Gasteiger partial charge in [-0.05, 0) is 42.0 Å². The molecule has 27 heavy (non-hydrogen) atoms. The van der Waals surface area contributed by atoms with Crippen molar-refractivity contribution < 1.29 is 13.2 Å². The Morgan fingerprint density at radius 2 is 1.78 bits per heavy atom. The van der Waals surface area contributed by atoms with Crippen molar-refractivity contribution in [1.82, 2.24) is 10.6 Å². The van der Waals surface area contributed by atoms with Crippen molar-refractivity contribution >= 4 is 21.7 Å². The second-order valence-electron chi connectivity index (χ2n) is 6.96. The molecule has 1 atom stereocenters. The number of carbonyl (C=O) groups is 1. The summed E-state index contributed by atoms with van der Waals surface area (Å²) in [7, 11) is -3.45. The van der Waals surface area contributed by atoms with E-state index >= 15 is 0 Å². The molecule has 7 heteroatoms. The summed E-state index contributed by atoms with van der Waals surface area (Å²) in [6, 6.07) is 15.3. The zero-order valence-corrected chi connectivity index (χ0v) is 15.8. The Labute approximate surface area is 159 Å². The highest BCUT2D eigenvalue weighted by atomic mass is 32.2. The van der Waals surface area contributed by atoms with Gasteiger partial charge in [-0.3, -0.25) is 4.31 Å². The van der Waals surface area contributed by atoms with Crippen LogP contribution in [0.5, 0.6) is 0 Å². The molecule has 142 valence electrons. The maximum absolute atomic E-state index is 12.6. The topological polar surface area (TPSA) is 78.5 Å². The molecule has 6 nitrogen and oxygen atoms in total. The van der Waals surface area contributed by atoms with Gasteiger partial charge in [0.05, 0.1) is 17.5 Å². The predicted octanol–water partition coefficient (Wildman–Crippen LogP) is 2.37. The van der Waals surface area contributed by atoms with Gasteiger partial charge in [0.15, 0.2) is 0 Å². The van der Waals surface area contributed by atoms with Gasteiger partial charge in [0.1, 0.15) is 0 Å². The van der Waals surface area contributed by atoms with Crippen molar-refractivity contribution in [3.63, 3.8) is 0 Å². The maximum atomic E-state index is 12.6. The van der Waals surface area contributed by atoms with E-state index in [1.54, 1.807) is 0 Å². The van der Waals surface area contributed by atoms with Gasteiger partial charge >= 0.3 is 6.03 Å². The van der Waals surface area contributed by atoms with Crippen LogP contribution in [0.25, 0.3) is 0 Å². The largest absolute Gasteiger partial charge is 0.337 e. The Kier molecular flexibility index (Phi) is 4.78. The minimum absolute atomic E-state index is 0.0109. The summed E-state index contributed by atoms with van der Waals surface area (Å²) in [5.74, 6) is -0.115. The highest BCUT2D eigenvalue weighted by Crippen LogP contribution is 2.31. The smallest absolute Gasteiger partial charge is 0.315 e. The van der Waals surface area contributed by atoms with Crippen LogP contribution >= 0.6 is 0 Å². The lowest BCUT2D eigenvalue weighted by Crippen LogP contribution is -2.41. The molecule has 0 radical (unpaired) electrons. The molecular formula is C20H23N3O3S. The van der Waals surface area contributed by atoms with Gasteiger partial charge in [0.2, 0.25) is 10.0 Å². The monoisotopic (exact) mass is 385 g/mol. The molecule has 2 aromatic carbocycles. The number of para-hydroxylation sites is 1. The van der Waals surface area contributed by atoms with Crippen molar-refractivity contribution in [3.8, 4) is 0 Å². The summed E-state index contributed by atoms with van der Waals surface area (Å²) < 4.78 is 26.7. The molecular weight excluding hydrogens is 362 g/mol. The number of sulfonamides is 1. The van der Waals surface area contributed by atoms with E-state index in [-0.39, 0.29) is 24.4 Å². The fourth-order valence-electron chi connectivity index (χ4n) is 3.92. The number of urea groups is 1. The van der Waals surface area contributed by atoms with E-state index in [1.807, 2.05) is 42.5 Å². The van der Waals surface area contributed by atoms with Crippen LogP contribution in [0, 0.1) is 0 Å². The molecule has 2 amide bonds. The Morgan fingerprint density at radius 1 is 1.04 bits per heavy atom. The third kappa shape index (κ3) is 3.64. The fourth-order valence-corrected chi connectivity index (χ4v) is 5.34. The van der Waals surface area contributed by atoms with Crippen LogP contribution in [0.3, 0.4) is 0 Å². The molecule has 4 rings (SSSR count). The quantitative estimate of drug-likeness (QED) is 0.829. The zero-order valence-electron chi connectivity index (χ0n) is 15.0. The molecule has 1 aliphatic carbocycles. The van der Waals surface area contributed by atoms with Gasteiger partial charge in [-0.1, -0.05) is 42.5 Å². The van der Waals surface area contributed by atoms with Gasteiger partial charge < -0.3 is 10.6 Å². The van der Waals surface area contributed by atoms with E-state index in [0.29, 0.717) is 6.54 Å². The van der Waals surface area contributed by atoms with Crippen LogP contribution in [0.1, 0.15) is 29.2 Å². The molecule has 0 fully saturated rings. The lowest BCUT2D eigenvalue weighted by atomic mass is 10.1. The van der Waals surface area contributed by atoms with Crippen LogP contribution in [0.15, 0.2) is 48.5 Å². The average Bonchev–Trinajstić information content (AvgIpc) is 3.26. The molecule has 2 aliphatic rings. The summed E-state index contributed by atoms with van der Waals surface area (Å²) in [6.45, 7) is 0.550. The number of benzene rings is 2. The third-order valence-corrected chi connectivity index (χ3v) is 7.03. The summed E-state index contributed by atoms with van der Waals surface area (Å²) in [6.07, 6.45) is 2.55. The number of nitrogens with one attached hydrogen (secondary N) is 2. The summed E-state index contributed by atoms with van der Waals surface area (Å²) >= 11 is 0. The first-order chi connectivity index (χ1) is 13.0. The van der Waals surface area contributed by atoms with E-state index in [0.717, 1.165) is 36.1 Å². The summed E-state index contributed by atoms with van der Waals surface area (Å²) in [5.41, 5.74) is 4.21. The summed E-state index contributed by atoms with van der Waals surface area (Å²) in [5, 5.41) is 5.64. The highest BCUT2D eigenvalue weighted by Gasteiger charge is 2.29. The van der Waals surface area contributed by atoms with Crippen molar-refractivity contribution in [1.29, 1.82) is 0 Å². The van der Waals surface area contributed by atoms with Gasteiger partial charge in [0.25, 0.3) is 0 Å². The number of fused-ring (bicyclic) bond motifs is 2. The predicted molar refractivity (Wildman–Crippen MR) is 105 cm³/mol. The van der Waals surface area contributed by atoms with Crippen molar-refractivity contribution in [2.45, 2.75) is 25.3 Å². The molecule has 2 aromatic rings. The molecule has 0 saturated carbocycles. The Hall–Kier alpha value is -2.54. The van der Waals surface area contributed by atoms with E-state index in [1.165, 1.54) is 9.87 Å². The number of hydrogen-bond donors (Lipinski definition) is 2. The molecule has 0 spiro atoms. The van der Waals surface area contributed by atoms with Crippen LogP contribution in [-0.2, 0) is 22.9 Å². The van der Waals surface area contributed by atoms with Crippen molar-refractivity contribution in [2.24, 2.45) is 0 Å². The number of carbonyl (C=O) groups excluding carboxylic acids is 1. The summed E-state index contributed by atoms with van der Waals surface area (Å²) in [4.78, 5) is 12.2. The van der Waals surface area contributed by atoms with Crippen LogP contribution < -0.4 is 14.9 Å². The Balaban J connectivity index is 1.30. The van der Waals surface area contributed by atoms with E-state index in [9.17, 15) is 13.2 Å². The van der Waals surface area contributed by atoms with Crippen LogP contribution in [-0.4, -0.2) is 33.3 Å². The first kappa shape index (κ1) is 17.9. The number of aryl methyl sites for hydroxylation is 1. The lowest BCUT2D eigenvalue weighted by Gasteiger charge is -2.20. The zero-order chi connectivity index (χ0) is 18.9. The molecule has 0 aromatic heterocycles. The van der Waals surface area contributed by atoms with Crippen LogP contribution in [0.2, 0.25) is 0 Å². The number of hydrogen-bond acceptors (Lipinski definition) is 3. The molecule has 0 bridgehead atoms. The molecule has 1 aliphatic heterocycles. The fraction of sp³-hybridized carbons (Fsp3) is 0.350. The van der Waals surface area contributed by atoms with Crippen molar-refractivity contribution in [2.75, 3.05) is 23.1 Å². The molecule has 1 unspecified atom stereocenters. The molecule has 1 heterocycles. The Bertz CT molecular complexity index is 958. The second kappa shape index (κ2) is 7.23. The minimum Gasteiger partial charge on any atom is -0.337 e. The van der Waals surface area contributed by atoms with E-state index < -0.39 is 10.0 Å². The van der Waals surface area contributed by atoms with Crippen LogP contribution in [0.4, 0.5) is 10.5 Å². The number of nitrogens with zero attached hydrogens (tertiary/aromatic N) is 1. The highest BCUT2D eigenvalue weighted by molar-refractivity contribution is 7.92. The standard InChI is InChI=1S/C20H23N3O3S/c24-20(22-18-10-9-15-5-1-3-7-17(15)18)21-12-14-27(25,26)23-13-11-16-6-2-4-8-19(16)23/h1-8,18H,9-14H2,(H2,21,22,24).